The van der Waals surface area contributed by atoms with Crippen LogP contribution >= 0.6 is 0 Å². The summed E-state index contributed by atoms with van der Waals surface area (Å²) in [4.78, 5) is 14.9. The third-order valence-corrected chi connectivity index (χ3v) is 7.40. The number of hydrogen-bond donors (Lipinski definition) is 1. The van der Waals surface area contributed by atoms with Crippen LogP contribution in [0.5, 0.6) is 0 Å². The highest BCUT2D eigenvalue weighted by Gasteiger charge is 2.33. The van der Waals surface area contributed by atoms with Crippen LogP contribution in [0.4, 0.5) is 0 Å². The number of piperidine rings is 1. The fourth-order valence-electron chi connectivity index (χ4n) is 3.85. The number of carbonyl (C=O) groups is 1. The minimum absolute atomic E-state index is 0.00747. The van der Waals surface area contributed by atoms with Crippen LogP contribution in [-0.4, -0.2) is 61.8 Å². The fraction of sp³-hybridized carbons (Fsp3) is 0.619. The summed E-state index contributed by atoms with van der Waals surface area (Å²) in [6.45, 7) is 10.5. The zero-order valence-electron chi connectivity index (χ0n) is 17.8. The molecule has 1 aliphatic rings. The second-order valence-corrected chi connectivity index (χ2v) is 9.91. The molecule has 1 N–H and O–H groups in total. The molecule has 0 bridgehead atoms. The van der Waals surface area contributed by atoms with E-state index in [0.717, 1.165) is 6.54 Å². The van der Waals surface area contributed by atoms with Crippen LogP contribution in [0.25, 0.3) is 0 Å². The van der Waals surface area contributed by atoms with E-state index in [1.165, 1.54) is 16.4 Å². The Balaban J connectivity index is 1.90. The van der Waals surface area contributed by atoms with E-state index in [-0.39, 0.29) is 35.4 Å². The highest BCUT2D eigenvalue weighted by Crippen LogP contribution is 2.25. The van der Waals surface area contributed by atoms with Gasteiger partial charge >= 0.3 is 0 Å². The third kappa shape index (κ3) is 5.78. The Morgan fingerprint density at radius 2 is 1.79 bits per heavy atom. The van der Waals surface area contributed by atoms with E-state index in [0.29, 0.717) is 31.5 Å². The SMILES string of the molecule is CC(C)N(CCNC(=O)C1CCN(S(=O)(=O)c2ccccc2C#N)CC1)C(C)C. The molecule has 1 heterocycles. The molecule has 160 valence electrons. The number of rotatable bonds is 8. The lowest BCUT2D eigenvalue weighted by molar-refractivity contribution is -0.126. The highest BCUT2D eigenvalue weighted by molar-refractivity contribution is 7.89. The second-order valence-electron chi connectivity index (χ2n) is 8.00. The summed E-state index contributed by atoms with van der Waals surface area (Å²) in [6.07, 6.45) is 0.968. The van der Waals surface area contributed by atoms with E-state index in [4.69, 9.17) is 0 Å². The maximum atomic E-state index is 12.9. The third-order valence-electron chi connectivity index (χ3n) is 5.45. The molecule has 0 atom stereocenters. The maximum absolute atomic E-state index is 12.9. The minimum atomic E-state index is -3.73. The first kappa shape index (κ1) is 23.3. The molecule has 0 aliphatic carbocycles. The summed E-state index contributed by atoms with van der Waals surface area (Å²) in [5.41, 5.74) is 0.146. The van der Waals surface area contributed by atoms with Gasteiger partial charge in [-0.25, -0.2) is 8.42 Å². The first-order valence-electron chi connectivity index (χ1n) is 10.2. The van der Waals surface area contributed by atoms with Gasteiger partial charge in [0.2, 0.25) is 15.9 Å². The van der Waals surface area contributed by atoms with Crippen LogP contribution in [0.1, 0.15) is 46.1 Å². The summed E-state index contributed by atoms with van der Waals surface area (Å²) >= 11 is 0. The predicted octanol–water partition coefficient (Wildman–Crippen LogP) is 2.19. The molecular weight excluding hydrogens is 388 g/mol. The lowest BCUT2D eigenvalue weighted by Crippen LogP contribution is -2.46. The number of benzene rings is 1. The molecule has 0 aromatic heterocycles. The minimum Gasteiger partial charge on any atom is -0.355 e. The molecular formula is C21H32N4O3S. The van der Waals surface area contributed by atoms with Gasteiger partial charge in [0.1, 0.15) is 6.07 Å². The molecule has 0 spiro atoms. The van der Waals surface area contributed by atoms with Crippen molar-refractivity contribution in [2.24, 2.45) is 5.92 Å². The number of amides is 1. The Morgan fingerprint density at radius 3 is 2.34 bits per heavy atom. The second kappa shape index (κ2) is 10.2. The van der Waals surface area contributed by atoms with Crippen molar-refractivity contribution in [3.05, 3.63) is 29.8 Å². The first-order chi connectivity index (χ1) is 13.7. The van der Waals surface area contributed by atoms with E-state index in [1.54, 1.807) is 12.1 Å². The molecule has 2 rings (SSSR count). The van der Waals surface area contributed by atoms with Crippen LogP contribution in [-0.2, 0) is 14.8 Å². The standard InChI is InChI=1S/C21H32N4O3S/c1-16(2)25(17(3)4)14-11-23-21(26)18-9-12-24(13-10-18)29(27,28)20-8-6-5-7-19(20)15-22/h5-8,16-18H,9-14H2,1-4H3,(H,23,26). The molecule has 8 heteroatoms. The summed E-state index contributed by atoms with van der Waals surface area (Å²) < 4.78 is 27.2. The molecule has 1 aromatic rings. The van der Waals surface area contributed by atoms with Crippen molar-refractivity contribution in [1.82, 2.24) is 14.5 Å². The van der Waals surface area contributed by atoms with Crippen LogP contribution < -0.4 is 5.32 Å². The normalized spacial score (nSPS) is 16.3. The van der Waals surface area contributed by atoms with Gasteiger partial charge in [-0.1, -0.05) is 12.1 Å². The zero-order valence-corrected chi connectivity index (χ0v) is 18.6. The van der Waals surface area contributed by atoms with Crippen molar-refractivity contribution >= 4 is 15.9 Å². The molecule has 0 radical (unpaired) electrons. The van der Waals surface area contributed by atoms with Gasteiger partial charge in [0, 0.05) is 44.2 Å². The number of carbonyl (C=O) groups excluding carboxylic acids is 1. The summed E-state index contributed by atoms with van der Waals surface area (Å²) in [5, 5.41) is 12.2. The van der Waals surface area contributed by atoms with Gasteiger partial charge in [0.15, 0.2) is 0 Å². The zero-order chi connectivity index (χ0) is 21.6. The van der Waals surface area contributed by atoms with Gasteiger partial charge < -0.3 is 5.32 Å². The molecule has 1 aromatic carbocycles. The number of sulfonamides is 1. The molecule has 1 saturated heterocycles. The van der Waals surface area contributed by atoms with Crippen LogP contribution in [0, 0.1) is 17.2 Å². The Labute approximate surface area is 174 Å². The van der Waals surface area contributed by atoms with Gasteiger partial charge in [-0.05, 0) is 52.7 Å². The lowest BCUT2D eigenvalue weighted by Gasteiger charge is -2.32. The van der Waals surface area contributed by atoms with E-state index in [9.17, 15) is 18.5 Å². The average Bonchev–Trinajstić information content (AvgIpc) is 2.70. The Bertz CT molecular complexity index is 830. The van der Waals surface area contributed by atoms with Crippen LogP contribution in [0.15, 0.2) is 29.2 Å². The molecule has 1 aliphatic heterocycles. The summed E-state index contributed by atoms with van der Waals surface area (Å²) in [6, 6.07) is 9.00. The van der Waals surface area contributed by atoms with Gasteiger partial charge in [0.25, 0.3) is 0 Å². The van der Waals surface area contributed by atoms with Crippen molar-refractivity contribution < 1.29 is 13.2 Å². The average molecular weight is 421 g/mol. The van der Waals surface area contributed by atoms with Crippen molar-refractivity contribution in [2.45, 2.75) is 57.5 Å². The number of nitrogens with zero attached hydrogens (tertiary/aromatic N) is 3. The summed E-state index contributed by atoms with van der Waals surface area (Å²) in [7, 11) is -3.73. The van der Waals surface area contributed by atoms with Gasteiger partial charge in [-0.3, -0.25) is 9.69 Å². The molecule has 1 amide bonds. The highest BCUT2D eigenvalue weighted by atomic mass is 32.2. The first-order valence-corrected chi connectivity index (χ1v) is 11.6. The molecule has 29 heavy (non-hydrogen) atoms. The van der Waals surface area contributed by atoms with E-state index in [1.807, 2.05) is 6.07 Å². The molecule has 7 nitrogen and oxygen atoms in total. The van der Waals surface area contributed by atoms with E-state index in [2.05, 4.69) is 37.9 Å². The van der Waals surface area contributed by atoms with Crippen molar-refractivity contribution in [3.63, 3.8) is 0 Å². The molecule has 0 unspecified atom stereocenters. The quantitative estimate of drug-likeness (QED) is 0.696. The molecule has 1 fully saturated rings. The maximum Gasteiger partial charge on any atom is 0.244 e. The number of nitriles is 1. The largest absolute Gasteiger partial charge is 0.355 e. The van der Waals surface area contributed by atoms with Crippen LogP contribution in [0.2, 0.25) is 0 Å². The number of hydrogen-bond acceptors (Lipinski definition) is 5. The Morgan fingerprint density at radius 1 is 1.21 bits per heavy atom. The Hall–Kier alpha value is -1.95. The van der Waals surface area contributed by atoms with Crippen molar-refractivity contribution in [1.29, 1.82) is 5.26 Å². The van der Waals surface area contributed by atoms with Gasteiger partial charge in [-0.2, -0.15) is 9.57 Å². The molecule has 0 saturated carbocycles. The van der Waals surface area contributed by atoms with Gasteiger partial charge in [0.05, 0.1) is 10.5 Å². The number of nitrogens with one attached hydrogen (secondary N) is 1. The summed E-state index contributed by atoms with van der Waals surface area (Å²) in [5.74, 6) is -0.189. The van der Waals surface area contributed by atoms with Crippen molar-refractivity contribution in [2.75, 3.05) is 26.2 Å². The van der Waals surface area contributed by atoms with Gasteiger partial charge in [-0.15, -0.1) is 0 Å². The smallest absolute Gasteiger partial charge is 0.244 e. The predicted molar refractivity (Wildman–Crippen MR) is 113 cm³/mol. The van der Waals surface area contributed by atoms with Crippen LogP contribution in [0.3, 0.4) is 0 Å². The monoisotopic (exact) mass is 420 g/mol. The lowest BCUT2D eigenvalue weighted by atomic mass is 9.97. The van der Waals surface area contributed by atoms with E-state index >= 15 is 0 Å². The fourth-order valence-corrected chi connectivity index (χ4v) is 5.46. The van der Waals surface area contributed by atoms with E-state index < -0.39 is 10.0 Å². The van der Waals surface area contributed by atoms with Crippen molar-refractivity contribution in [3.8, 4) is 6.07 Å². The topological polar surface area (TPSA) is 93.5 Å². The Kier molecular flexibility index (Phi) is 8.20.